The number of nitrogens with zero attached hydrogens (tertiary/aromatic N) is 1. The van der Waals surface area contributed by atoms with E-state index in [1.54, 1.807) is 0 Å². The lowest BCUT2D eigenvalue weighted by atomic mass is 10.2. The molecule has 15 heavy (non-hydrogen) atoms. The first kappa shape index (κ1) is 9.39. The molecule has 0 unspecified atom stereocenters. The Balaban J connectivity index is 2.46. The highest BCUT2D eigenvalue weighted by molar-refractivity contribution is 6.28. The lowest BCUT2D eigenvalue weighted by molar-refractivity contribution is -0.120. The van der Waals surface area contributed by atoms with Crippen LogP contribution in [0.4, 0.5) is 10.1 Å². The van der Waals surface area contributed by atoms with Crippen LogP contribution in [0.3, 0.4) is 0 Å². The molecule has 0 spiro atoms. The Morgan fingerprint density at radius 1 is 1.13 bits per heavy atom. The highest BCUT2D eigenvalue weighted by Gasteiger charge is 2.27. The molecule has 2 amide bonds. The van der Waals surface area contributed by atoms with Crippen molar-refractivity contribution in [3.05, 3.63) is 36.2 Å². The average Bonchev–Trinajstić information content (AvgIpc) is 2.48. The number of phenols is 1. The van der Waals surface area contributed by atoms with Gasteiger partial charge in [0.15, 0.2) is 5.82 Å². The molecule has 0 saturated heterocycles. The largest absolute Gasteiger partial charge is 0.508 e. The van der Waals surface area contributed by atoms with Gasteiger partial charge in [0, 0.05) is 18.2 Å². The maximum absolute atomic E-state index is 13.3. The molecule has 0 aliphatic carbocycles. The maximum Gasteiger partial charge on any atom is 0.258 e. The molecule has 1 aliphatic rings. The Hall–Kier alpha value is -2.17. The fourth-order valence-corrected chi connectivity index (χ4v) is 1.31. The minimum absolute atomic E-state index is 0.159. The van der Waals surface area contributed by atoms with Crippen molar-refractivity contribution in [2.45, 2.75) is 0 Å². The van der Waals surface area contributed by atoms with E-state index >= 15 is 0 Å². The minimum atomic E-state index is -0.819. The van der Waals surface area contributed by atoms with Gasteiger partial charge in [-0.1, -0.05) is 0 Å². The average molecular weight is 207 g/mol. The summed E-state index contributed by atoms with van der Waals surface area (Å²) in [5.41, 5.74) is -0.159. The van der Waals surface area contributed by atoms with Crippen LogP contribution in [0, 0.1) is 5.82 Å². The highest BCUT2D eigenvalue weighted by atomic mass is 19.1. The van der Waals surface area contributed by atoms with Crippen LogP contribution in [0.25, 0.3) is 0 Å². The first-order valence-electron chi connectivity index (χ1n) is 4.14. The van der Waals surface area contributed by atoms with Crippen LogP contribution in [-0.4, -0.2) is 16.9 Å². The summed E-state index contributed by atoms with van der Waals surface area (Å²) in [5, 5.41) is 8.97. The Labute approximate surface area is 84.2 Å². The molecular formula is C10H6FNO3. The number of rotatable bonds is 1. The zero-order valence-corrected chi connectivity index (χ0v) is 7.48. The summed E-state index contributed by atoms with van der Waals surface area (Å²) in [6.45, 7) is 0. The summed E-state index contributed by atoms with van der Waals surface area (Å²) in [6.07, 6.45) is 2.13. The third-order valence-electron chi connectivity index (χ3n) is 1.98. The molecule has 5 heteroatoms. The first-order chi connectivity index (χ1) is 7.09. The number of carbonyl (C=O) groups excluding carboxylic acids is 2. The molecule has 1 heterocycles. The van der Waals surface area contributed by atoms with Crippen molar-refractivity contribution < 1.29 is 19.1 Å². The molecule has 0 radical (unpaired) electrons. The molecule has 0 fully saturated rings. The molecule has 0 saturated carbocycles. The van der Waals surface area contributed by atoms with Crippen LogP contribution >= 0.6 is 0 Å². The molecule has 0 aromatic heterocycles. The fraction of sp³-hybridized carbons (Fsp3) is 0. The second-order valence-electron chi connectivity index (χ2n) is 2.98. The molecule has 4 nitrogen and oxygen atoms in total. The number of hydrogen-bond donors (Lipinski definition) is 1. The van der Waals surface area contributed by atoms with Gasteiger partial charge in [0.05, 0.1) is 5.69 Å². The zero-order chi connectivity index (χ0) is 11.0. The number of benzene rings is 1. The van der Waals surface area contributed by atoms with Crippen LogP contribution in [0.5, 0.6) is 5.75 Å². The van der Waals surface area contributed by atoms with Crippen LogP contribution in [-0.2, 0) is 9.59 Å². The quantitative estimate of drug-likeness (QED) is 0.698. The van der Waals surface area contributed by atoms with Crippen molar-refractivity contribution in [1.29, 1.82) is 0 Å². The third-order valence-corrected chi connectivity index (χ3v) is 1.98. The third kappa shape index (κ3) is 1.48. The Morgan fingerprint density at radius 2 is 1.73 bits per heavy atom. The molecule has 1 aliphatic heterocycles. The summed E-state index contributed by atoms with van der Waals surface area (Å²) in [5.74, 6) is -2.27. The summed E-state index contributed by atoms with van der Waals surface area (Å²) in [6, 6.07) is 3.22. The Kier molecular flexibility index (Phi) is 2.00. The molecule has 0 atom stereocenters. The van der Waals surface area contributed by atoms with Crippen LogP contribution in [0.15, 0.2) is 30.4 Å². The summed E-state index contributed by atoms with van der Waals surface area (Å²) in [7, 11) is 0. The molecule has 0 bridgehead atoms. The number of imide groups is 1. The van der Waals surface area contributed by atoms with Gasteiger partial charge in [0.25, 0.3) is 11.8 Å². The smallest absolute Gasteiger partial charge is 0.258 e. The lowest BCUT2D eigenvalue weighted by Crippen LogP contribution is -2.30. The van der Waals surface area contributed by atoms with E-state index in [4.69, 9.17) is 5.11 Å². The van der Waals surface area contributed by atoms with Crippen molar-refractivity contribution in [2.24, 2.45) is 0 Å². The minimum Gasteiger partial charge on any atom is -0.508 e. The van der Waals surface area contributed by atoms with Crippen LogP contribution in [0.2, 0.25) is 0 Å². The Morgan fingerprint density at radius 3 is 2.27 bits per heavy atom. The summed E-state index contributed by atoms with van der Waals surface area (Å²) < 4.78 is 13.3. The SMILES string of the molecule is O=C1C=CC(=O)N1c1ccc(O)cc1F. The van der Waals surface area contributed by atoms with Gasteiger partial charge in [0.2, 0.25) is 0 Å². The second kappa shape index (κ2) is 3.20. The standard InChI is InChI=1S/C10H6FNO3/c11-7-5-6(13)1-2-8(7)12-9(14)3-4-10(12)15/h1-5,13H. The van der Waals surface area contributed by atoms with Crippen LogP contribution in [0.1, 0.15) is 0 Å². The van der Waals surface area contributed by atoms with Gasteiger partial charge in [-0.3, -0.25) is 9.59 Å². The first-order valence-corrected chi connectivity index (χ1v) is 4.14. The number of anilines is 1. The van der Waals surface area contributed by atoms with Crippen LogP contribution < -0.4 is 4.90 Å². The molecule has 1 N–H and O–H groups in total. The predicted molar refractivity (Wildman–Crippen MR) is 49.7 cm³/mol. The van der Waals surface area contributed by atoms with E-state index in [1.165, 1.54) is 12.1 Å². The van der Waals surface area contributed by atoms with Gasteiger partial charge in [-0.05, 0) is 12.1 Å². The number of hydrogen-bond acceptors (Lipinski definition) is 3. The summed E-state index contributed by atoms with van der Waals surface area (Å²) in [4.78, 5) is 23.1. The fourth-order valence-electron chi connectivity index (χ4n) is 1.31. The predicted octanol–water partition coefficient (Wildman–Crippen LogP) is 0.961. The van der Waals surface area contributed by atoms with Gasteiger partial charge in [-0.2, -0.15) is 0 Å². The van der Waals surface area contributed by atoms with Crippen molar-refractivity contribution in [3.8, 4) is 5.75 Å². The van der Waals surface area contributed by atoms with Gasteiger partial charge in [0.1, 0.15) is 5.75 Å². The Bertz CT molecular complexity index is 464. The number of carbonyl (C=O) groups is 2. The molecule has 76 valence electrons. The number of halogens is 1. The highest BCUT2D eigenvalue weighted by Crippen LogP contribution is 2.25. The lowest BCUT2D eigenvalue weighted by Gasteiger charge is -2.14. The van der Waals surface area contributed by atoms with E-state index in [1.807, 2.05) is 0 Å². The maximum atomic E-state index is 13.3. The van der Waals surface area contributed by atoms with Gasteiger partial charge >= 0.3 is 0 Å². The molecule has 1 aromatic carbocycles. The number of amides is 2. The van der Waals surface area contributed by atoms with E-state index in [2.05, 4.69) is 0 Å². The van der Waals surface area contributed by atoms with Gasteiger partial charge < -0.3 is 5.11 Å². The molecular weight excluding hydrogens is 201 g/mol. The van der Waals surface area contributed by atoms with E-state index in [9.17, 15) is 14.0 Å². The van der Waals surface area contributed by atoms with E-state index in [0.29, 0.717) is 4.90 Å². The van der Waals surface area contributed by atoms with Crippen molar-refractivity contribution in [3.63, 3.8) is 0 Å². The normalized spacial score (nSPS) is 15.1. The second-order valence-corrected chi connectivity index (χ2v) is 2.98. The summed E-state index contributed by atoms with van der Waals surface area (Å²) >= 11 is 0. The number of aromatic hydroxyl groups is 1. The monoisotopic (exact) mass is 207 g/mol. The van der Waals surface area contributed by atoms with Gasteiger partial charge in [-0.15, -0.1) is 0 Å². The molecule has 1 aromatic rings. The molecule has 2 rings (SSSR count). The van der Waals surface area contributed by atoms with Gasteiger partial charge in [-0.25, -0.2) is 9.29 Å². The van der Waals surface area contributed by atoms with E-state index in [0.717, 1.165) is 18.2 Å². The topological polar surface area (TPSA) is 57.6 Å². The van der Waals surface area contributed by atoms with Crippen molar-refractivity contribution in [2.75, 3.05) is 4.90 Å². The van der Waals surface area contributed by atoms with E-state index in [-0.39, 0.29) is 11.4 Å². The van der Waals surface area contributed by atoms with Crippen molar-refractivity contribution in [1.82, 2.24) is 0 Å². The van der Waals surface area contributed by atoms with Crippen molar-refractivity contribution >= 4 is 17.5 Å². The zero-order valence-electron chi connectivity index (χ0n) is 7.48. The number of phenolic OH excluding ortho intramolecular Hbond substituents is 1. The van der Waals surface area contributed by atoms with E-state index < -0.39 is 17.6 Å².